The number of carboxylic acids is 1. The molecule has 3 rings (SSSR count). The maximum Gasteiger partial charge on any atom is 0.335 e. The number of hydrogen-bond donors (Lipinski definition) is 6. The summed E-state index contributed by atoms with van der Waals surface area (Å²) in [6.45, 7) is 4.86. The van der Waals surface area contributed by atoms with Crippen molar-refractivity contribution in [2.24, 2.45) is 5.41 Å². The van der Waals surface area contributed by atoms with Crippen LogP contribution in [0.4, 0.5) is 5.69 Å². The quantitative estimate of drug-likeness (QED) is 0.115. The van der Waals surface area contributed by atoms with Crippen molar-refractivity contribution in [1.82, 2.24) is 10.2 Å². The second-order valence-electron chi connectivity index (χ2n) is 11.4. The fourth-order valence-corrected chi connectivity index (χ4v) is 4.17. The number of aliphatic hydroxyl groups is 3. The first kappa shape index (κ1) is 35.1. The Morgan fingerprint density at radius 3 is 2.24 bits per heavy atom. The van der Waals surface area contributed by atoms with E-state index in [9.17, 15) is 49.2 Å². The molecule has 4 amide bonds. The Labute approximate surface area is 257 Å². The molecule has 1 aromatic carbocycles. The second kappa shape index (κ2) is 15.1. The number of carbonyl (C=O) groups is 6. The number of carbonyl (C=O) groups excluding carboxylic acids is 5. The lowest BCUT2D eigenvalue weighted by molar-refractivity contribution is -0.271. The van der Waals surface area contributed by atoms with E-state index < -0.39 is 71.7 Å². The summed E-state index contributed by atoms with van der Waals surface area (Å²) in [5.74, 6) is -4.09. The molecule has 45 heavy (non-hydrogen) atoms. The summed E-state index contributed by atoms with van der Waals surface area (Å²) >= 11 is 0. The Bertz CT molecular complexity index is 1320. The van der Waals surface area contributed by atoms with Crippen LogP contribution in [0.5, 0.6) is 5.75 Å². The van der Waals surface area contributed by atoms with Gasteiger partial charge in [0.05, 0.1) is 11.1 Å². The summed E-state index contributed by atoms with van der Waals surface area (Å²) in [4.78, 5) is 72.8. The van der Waals surface area contributed by atoms with Gasteiger partial charge in [-0.15, -0.1) is 0 Å². The lowest BCUT2D eigenvalue weighted by Gasteiger charge is -2.38. The molecule has 0 unspecified atom stereocenters. The van der Waals surface area contributed by atoms with Crippen molar-refractivity contribution in [3.05, 3.63) is 35.9 Å². The molecule has 1 saturated heterocycles. The minimum Gasteiger partial charge on any atom is -0.479 e. The van der Waals surface area contributed by atoms with E-state index in [0.29, 0.717) is 5.56 Å². The first-order valence-electron chi connectivity index (χ1n) is 14.1. The number of nitrogens with zero attached hydrogens (tertiary/aromatic N) is 1. The van der Waals surface area contributed by atoms with Gasteiger partial charge in [-0.3, -0.25) is 28.9 Å². The number of imide groups is 1. The lowest BCUT2D eigenvalue weighted by atomic mass is 9.97. The van der Waals surface area contributed by atoms with Crippen LogP contribution in [0, 0.1) is 5.41 Å². The van der Waals surface area contributed by atoms with Gasteiger partial charge in [0.25, 0.3) is 11.8 Å². The van der Waals surface area contributed by atoms with E-state index in [0.717, 1.165) is 17.1 Å². The monoisotopic (exact) mass is 635 g/mol. The highest BCUT2D eigenvalue weighted by Gasteiger charge is 2.48. The maximum absolute atomic E-state index is 12.8. The Morgan fingerprint density at radius 1 is 0.956 bits per heavy atom. The minimum absolute atomic E-state index is 0.00692. The molecule has 0 saturated carbocycles. The highest BCUT2D eigenvalue weighted by molar-refractivity contribution is 6.12. The van der Waals surface area contributed by atoms with Crippen LogP contribution in [-0.4, -0.2) is 105 Å². The van der Waals surface area contributed by atoms with Gasteiger partial charge in [0.1, 0.15) is 30.7 Å². The van der Waals surface area contributed by atoms with Crippen molar-refractivity contribution in [1.29, 1.82) is 0 Å². The number of anilines is 1. The van der Waals surface area contributed by atoms with Crippen molar-refractivity contribution in [3.8, 4) is 5.75 Å². The molecule has 5 atom stereocenters. The van der Waals surface area contributed by atoms with Crippen LogP contribution in [0.25, 0.3) is 0 Å². The van der Waals surface area contributed by atoms with Gasteiger partial charge < -0.3 is 45.3 Å². The molecule has 1 fully saturated rings. The molecule has 2 heterocycles. The Kier molecular flexibility index (Phi) is 11.8. The normalized spacial score (nSPS) is 23.1. The third-order valence-electron chi connectivity index (χ3n) is 6.72. The van der Waals surface area contributed by atoms with Gasteiger partial charge in [0.15, 0.2) is 6.10 Å². The zero-order valence-electron chi connectivity index (χ0n) is 24.9. The van der Waals surface area contributed by atoms with E-state index in [1.807, 2.05) is 0 Å². The topological polar surface area (TPSA) is 238 Å². The number of esters is 1. The molecule has 6 N–H and O–H groups in total. The van der Waals surface area contributed by atoms with Crippen molar-refractivity contribution in [2.45, 2.75) is 77.3 Å². The van der Waals surface area contributed by atoms with E-state index >= 15 is 0 Å². The predicted molar refractivity (Wildman–Crippen MR) is 152 cm³/mol. The average Bonchev–Trinajstić information content (AvgIpc) is 3.28. The van der Waals surface area contributed by atoms with Crippen molar-refractivity contribution >= 4 is 41.3 Å². The van der Waals surface area contributed by atoms with Crippen LogP contribution in [0.1, 0.15) is 45.6 Å². The average molecular weight is 636 g/mol. The number of nitrogens with one attached hydrogen (secondary N) is 2. The zero-order valence-corrected chi connectivity index (χ0v) is 24.9. The Morgan fingerprint density at radius 2 is 1.62 bits per heavy atom. The predicted octanol–water partition coefficient (Wildman–Crippen LogP) is -0.803. The number of hydrogen-bond acceptors (Lipinski definition) is 12. The minimum atomic E-state index is -1.94. The number of carboxylic acid groups (broad SMARTS) is 1. The Balaban J connectivity index is 1.64. The van der Waals surface area contributed by atoms with Crippen molar-refractivity contribution in [3.63, 3.8) is 0 Å². The van der Waals surface area contributed by atoms with Gasteiger partial charge in [-0.25, -0.2) is 4.79 Å². The second-order valence-corrected chi connectivity index (χ2v) is 11.4. The number of amides is 4. The van der Waals surface area contributed by atoms with Crippen LogP contribution in [0.2, 0.25) is 0 Å². The molecule has 0 aromatic heterocycles. The number of aliphatic hydroxyl groups excluding tert-OH is 3. The summed E-state index contributed by atoms with van der Waals surface area (Å²) in [5.41, 5.74) is -0.337. The molecule has 1 aromatic rings. The number of rotatable bonds is 13. The number of aliphatic carboxylic acids is 1. The third-order valence-corrected chi connectivity index (χ3v) is 6.72. The van der Waals surface area contributed by atoms with Gasteiger partial charge in [-0.1, -0.05) is 6.07 Å². The van der Waals surface area contributed by atoms with Gasteiger partial charge in [0, 0.05) is 38.1 Å². The molecule has 0 spiro atoms. The lowest BCUT2D eigenvalue weighted by Crippen LogP contribution is -2.61. The first-order valence-corrected chi connectivity index (χ1v) is 14.1. The largest absolute Gasteiger partial charge is 0.479 e. The van der Waals surface area contributed by atoms with Gasteiger partial charge in [-0.2, -0.15) is 0 Å². The summed E-state index contributed by atoms with van der Waals surface area (Å²) < 4.78 is 16.1. The fraction of sp³-hybridized carbons (Fsp3) is 0.517. The molecule has 16 nitrogen and oxygen atoms in total. The zero-order chi connectivity index (χ0) is 33.5. The summed E-state index contributed by atoms with van der Waals surface area (Å²) in [6, 6.07) is 4.23. The molecule has 0 bridgehead atoms. The smallest absolute Gasteiger partial charge is 0.335 e. The van der Waals surface area contributed by atoms with E-state index in [-0.39, 0.29) is 50.4 Å². The van der Waals surface area contributed by atoms with E-state index in [1.54, 1.807) is 20.8 Å². The summed E-state index contributed by atoms with van der Waals surface area (Å²) in [5, 5.41) is 44.9. The highest BCUT2D eigenvalue weighted by atomic mass is 16.7. The molecule has 2 aliphatic rings. The van der Waals surface area contributed by atoms with Crippen LogP contribution < -0.4 is 15.4 Å². The molecular formula is C29H37N3O13. The molecule has 0 radical (unpaired) electrons. The molecule has 16 heteroatoms. The molecule has 2 aliphatic heterocycles. The maximum atomic E-state index is 12.8. The molecule has 0 aliphatic carbocycles. The van der Waals surface area contributed by atoms with Gasteiger partial charge in [0.2, 0.25) is 18.1 Å². The molecular weight excluding hydrogens is 598 g/mol. The Hall–Kier alpha value is -4.38. The van der Waals surface area contributed by atoms with E-state index in [1.165, 1.54) is 18.2 Å². The molecule has 246 valence electrons. The van der Waals surface area contributed by atoms with E-state index in [4.69, 9.17) is 14.2 Å². The van der Waals surface area contributed by atoms with E-state index in [2.05, 4.69) is 10.6 Å². The summed E-state index contributed by atoms with van der Waals surface area (Å²) in [6.07, 6.45) is -7.06. The fourth-order valence-electron chi connectivity index (χ4n) is 4.17. The van der Waals surface area contributed by atoms with Gasteiger partial charge >= 0.3 is 11.9 Å². The third kappa shape index (κ3) is 9.55. The highest BCUT2D eigenvalue weighted by Crippen LogP contribution is 2.31. The standard InChI is InChI=1S/C29H37N3O13/c1-29(2,3)28(42)43-14-15-6-7-17(44-27-24(39)22(37)23(38)25(45-27)26(40)41)16(13-15)31-19(34)10-11-30-18(33)5-4-12-32-20(35)8-9-21(32)36/h6-9,13,22-25,27,37-39H,4-5,10-12,14H2,1-3H3,(H,30,33)(H,31,34)(H,40,41)/t22-,23-,24+,25-,27+/m0/s1. The van der Waals surface area contributed by atoms with Crippen molar-refractivity contribution in [2.75, 3.05) is 18.4 Å². The van der Waals surface area contributed by atoms with Crippen LogP contribution in [0.3, 0.4) is 0 Å². The first-order chi connectivity index (χ1) is 21.1. The van der Waals surface area contributed by atoms with Gasteiger partial charge in [-0.05, 0) is 44.9 Å². The van der Waals surface area contributed by atoms with Crippen LogP contribution in [0.15, 0.2) is 30.4 Å². The van der Waals surface area contributed by atoms with Crippen LogP contribution in [-0.2, 0) is 44.8 Å². The number of benzene rings is 1. The number of ether oxygens (including phenoxy) is 3. The van der Waals surface area contributed by atoms with Crippen LogP contribution >= 0.6 is 0 Å². The van der Waals surface area contributed by atoms with Crippen molar-refractivity contribution < 1.29 is 63.4 Å². The summed E-state index contributed by atoms with van der Waals surface area (Å²) in [7, 11) is 0. The SMILES string of the molecule is CC(C)(C)C(=O)OCc1ccc(O[C@@H]2O[C@H](C(=O)O)[C@@H](O)[C@H](O)[C@H]2O)c(NC(=O)CCNC(=O)CCCN2C(=O)C=CC2=O)c1.